The summed E-state index contributed by atoms with van der Waals surface area (Å²) in [6.45, 7) is 8.29. The van der Waals surface area contributed by atoms with Crippen LogP contribution in [-0.2, 0) is 9.53 Å². The Morgan fingerprint density at radius 1 is 1.06 bits per heavy atom. The molecular formula is C28H35N3O4. The van der Waals surface area contributed by atoms with Gasteiger partial charge in [0.25, 0.3) is 11.8 Å². The molecule has 0 spiro atoms. The van der Waals surface area contributed by atoms with Crippen LogP contribution in [0.4, 0.5) is 5.69 Å². The summed E-state index contributed by atoms with van der Waals surface area (Å²) in [7, 11) is 0. The second-order valence-corrected chi connectivity index (χ2v) is 9.71. The topological polar surface area (TPSA) is 79.0 Å². The lowest BCUT2D eigenvalue weighted by Gasteiger charge is -2.31. The number of rotatable bonds is 8. The van der Waals surface area contributed by atoms with Crippen LogP contribution in [0.15, 0.2) is 48.5 Å². The maximum Gasteiger partial charge on any atom is 0.309 e. The fourth-order valence-electron chi connectivity index (χ4n) is 4.78. The number of benzene rings is 2. The fraction of sp³-hybridized carbons (Fsp3) is 0.464. The van der Waals surface area contributed by atoms with Crippen molar-refractivity contribution < 1.29 is 19.1 Å². The predicted octanol–water partition coefficient (Wildman–Crippen LogP) is 4.71. The average molecular weight is 478 g/mol. The van der Waals surface area contributed by atoms with E-state index in [1.807, 2.05) is 60.4 Å². The molecular weight excluding hydrogens is 442 g/mol. The van der Waals surface area contributed by atoms with E-state index in [9.17, 15) is 14.4 Å². The number of carbonyl (C=O) groups is 3. The zero-order chi connectivity index (χ0) is 24.9. The molecule has 0 bridgehead atoms. The highest BCUT2D eigenvalue weighted by Crippen LogP contribution is 2.35. The molecule has 1 saturated heterocycles. The fourth-order valence-corrected chi connectivity index (χ4v) is 4.78. The maximum atomic E-state index is 13.0. The van der Waals surface area contributed by atoms with Gasteiger partial charge >= 0.3 is 5.97 Å². The van der Waals surface area contributed by atoms with E-state index >= 15 is 0 Å². The smallest absolute Gasteiger partial charge is 0.309 e. The summed E-state index contributed by atoms with van der Waals surface area (Å²) in [5.41, 5.74) is 3.19. The van der Waals surface area contributed by atoms with Crippen LogP contribution in [0.1, 0.15) is 72.5 Å². The summed E-state index contributed by atoms with van der Waals surface area (Å²) in [5.74, 6) is 0.237. The van der Waals surface area contributed by atoms with Crippen molar-refractivity contribution >= 4 is 23.5 Å². The van der Waals surface area contributed by atoms with Crippen molar-refractivity contribution in [3.63, 3.8) is 0 Å². The first-order chi connectivity index (χ1) is 16.9. The Labute approximate surface area is 207 Å². The number of anilines is 1. The van der Waals surface area contributed by atoms with Crippen LogP contribution >= 0.6 is 0 Å². The van der Waals surface area contributed by atoms with Crippen LogP contribution in [0.5, 0.6) is 0 Å². The largest absolute Gasteiger partial charge is 0.466 e. The van der Waals surface area contributed by atoms with Gasteiger partial charge in [-0.3, -0.25) is 14.4 Å². The molecule has 2 heterocycles. The van der Waals surface area contributed by atoms with Gasteiger partial charge in [0.1, 0.15) is 6.17 Å². The van der Waals surface area contributed by atoms with Gasteiger partial charge in [0, 0.05) is 42.0 Å². The summed E-state index contributed by atoms with van der Waals surface area (Å²) in [5, 5.41) is 3.51. The molecule has 186 valence electrons. The second-order valence-electron chi connectivity index (χ2n) is 9.71. The molecule has 1 fully saturated rings. The highest BCUT2D eigenvalue weighted by atomic mass is 16.5. The van der Waals surface area contributed by atoms with Crippen LogP contribution in [0.25, 0.3) is 0 Å². The number of carbonyl (C=O) groups excluding carboxylic acids is 3. The van der Waals surface area contributed by atoms with E-state index in [0.29, 0.717) is 50.6 Å². The molecule has 0 radical (unpaired) electrons. The number of nitrogens with zero attached hydrogens (tertiary/aromatic N) is 2. The number of hydrogen-bond acceptors (Lipinski definition) is 5. The Morgan fingerprint density at radius 2 is 1.74 bits per heavy atom. The molecule has 2 aliphatic rings. The molecule has 7 heteroatoms. The lowest BCUT2D eigenvalue weighted by atomic mass is 9.96. The summed E-state index contributed by atoms with van der Waals surface area (Å²) in [4.78, 5) is 41.7. The Balaban J connectivity index is 1.41. The molecule has 0 saturated carbocycles. The number of fused-ring (bicyclic) bond motifs is 1. The third kappa shape index (κ3) is 5.50. The van der Waals surface area contributed by atoms with E-state index in [-0.39, 0.29) is 29.9 Å². The minimum absolute atomic E-state index is 0.0289. The normalized spacial score (nSPS) is 18.1. The van der Waals surface area contributed by atoms with Crippen molar-refractivity contribution in [2.24, 2.45) is 11.8 Å². The van der Waals surface area contributed by atoms with Crippen molar-refractivity contribution in [2.75, 3.05) is 31.6 Å². The third-order valence-electron chi connectivity index (χ3n) is 6.84. The van der Waals surface area contributed by atoms with E-state index in [1.165, 1.54) is 0 Å². The van der Waals surface area contributed by atoms with Gasteiger partial charge in [-0.15, -0.1) is 0 Å². The van der Waals surface area contributed by atoms with Gasteiger partial charge < -0.3 is 19.9 Å². The number of ether oxygens (including phenoxy) is 1. The third-order valence-corrected chi connectivity index (χ3v) is 6.84. The Hall–Kier alpha value is -3.35. The highest BCUT2D eigenvalue weighted by Gasteiger charge is 2.36. The van der Waals surface area contributed by atoms with E-state index in [2.05, 4.69) is 19.2 Å². The van der Waals surface area contributed by atoms with Gasteiger partial charge in [-0.1, -0.05) is 32.0 Å². The number of amides is 2. The summed E-state index contributed by atoms with van der Waals surface area (Å²) in [6.07, 6.45) is 1.95. The van der Waals surface area contributed by atoms with Gasteiger partial charge in [-0.25, -0.2) is 0 Å². The van der Waals surface area contributed by atoms with Gasteiger partial charge in [0.05, 0.1) is 12.5 Å². The maximum absolute atomic E-state index is 13.0. The van der Waals surface area contributed by atoms with Gasteiger partial charge in [0.15, 0.2) is 0 Å². The zero-order valence-corrected chi connectivity index (χ0v) is 20.8. The molecule has 2 aromatic rings. The van der Waals surface area contributed by atoms with E-state index < -0.39 is 0 Å². The molecule has 1 unspecified atom stereocenters. The van der Waals surface area contributed by atoms with Crippen LogP contribution in [0.2, 0.25) is 0 Å². The molecule has 0 aromatic heterocycles. The van der Waals surface area contributed by atoms with E-state index in [1.54, 1.807) is 4.90 Å². The first-order valence-electron chi connectivity index (χ1n) is 12.6. The number of nitrogens with one attached hydrogen (secondary N) is 1. The first kappa shape index (κ1) is 24.8. The quantitative estimate of drug-likeness (QED) is 0.557. The molecule has 4 rings (SSSR count). The zero-order valence-electron chi connectivity index (χ0n) is 20.8. The lowest BCUT2D eigenvalue weighted by Crippen LogP contribution is -2.40. The molecule has 7 nitrogen and oxygen atoms in total. The van der Waals surface area contributed by atoms with Crippen molar-refractivity contribution in [1.82, 2.24) is 9.80 Å². The van der Waals surface area contributed by atoms with Crippen molar-refractivity contribution in [3.05, 3.63) is 65.2 Å². The molecule has 2 aliphatic heterocycles. The van der Waals surface area contributed by atoms with Crippen LogP contribution < -0.4 is 5.32 Å². The molecule has 1 N–H and O–H groups in total. The summed E-state index contributed by atoms with van der Waals surface area (Å²) in [6, 6.07) is 15.2. The standard InChI is InChI=1S/C28H35N3O4/c1-4-35-28(34)21-14-16-30(17-15-21)26(32)20-9-11-22(12-10-20)29-25-23-7-5-6-8-24(23)27(33)31(25)18-13-19(2)3/h5-12,19,21,25,29H,4,13-18H2,1-3H3. The summed E-state index contributed by atoms with van der Waals surface area (Å²) < 4.78 is 5.12. The number of piperidine rings is 1. The van der Waals surface area contributed by atoms with Crippen molar-refractivity contribution in [1.29, 1.82) is 0 Å². The summed E-state index contributed by atoms with van der Waals surface area (Å²) >= 11 is 0. The Morgan fingerprint density at radius 3 is 2.40 bits per heavy atom. The Bertz CT molecular complexity index is 1060. The lowest BCUT2D eigenvalue weighted by molar-refractivity contribution is -0.149. The molecule has 2 amide bonds. The van der Waals surface area contributed by atoms with Gasteiger partial charge in [-0.05, 0) is 62.4 Å². The number of esters is 1. The van der Waals surface area contributed by atoms with Gasteiger partial charge in [0.2, 0.25) is 0 Å². The van der Waals surface area contributed by atoms with Crippen molar-refractivity contribution in [2.45, 2.75) is 46.2 Å². The second kappa shape index (κ2) is 10.9. The Kier molecular flexibility index (Phi) is 7.73. The molecule has 0 aliphatic carbocycles. The average Bonchev–Trinajstić information content (AvgIpc) is 3.13. The van der Waals surface area contributed by atoms with Crippen LogP contribution in [0.3, 0.4) is 0 Å². The van der Waals surface area contributed by atoms with Crippen LogP contribution in [0, 0.1) is 11.8 Å². The van der Waals surface area contributed by atoms with E-state index in [0.717, 1.165) is 23.2 Å². The monoisotopic (exact) mass is 477 g/mol. The van der Waals surface area contributed by atoms with Crippen molar-refractivity contribution in [3.8, 4) is 0 Å². The molecule has 35 heavy (non-hydrogen) atoms. The minimum atomic E-state index is -0.235. The SMILES string of the molecule is CCOC(=O)C1CCN(C(=O)c2ccc(NC3c4ccccc4C(=O)N3CCC(C)C)cc2)CC1. The highest BCUT2D eigenvalue weighted by molar-refractivity contribution is 5.99. The molecule has 2 aromatic carbocycles. The van der Waals surface area contributed by atoms with E-state index in [4.69, 9.17) is 4.74 Å². The minimum Gasteiger partial charge on any atom is -0.466 e. The number of likely N-dealkylation sites (tertiary alicyclic amines) is 1. The van der Waals surface area contributed by atoms with Gasteiger partial charge in [-0.2, -0.15) is 0 Å². The van der Waals surface area contributed by atoms with Crippen LogP contribution in [-0.4, -0.2) is 53.8 Å². The predicted molar refractivity (Wildman–Crippen MR) is 135 cm³/mol. The number of hydrogen-bond donors (Lipinski definition) is 1. The molecule has 1 atom stereocenters. The first-order valence-corrected chi connectivity index (χ1v) is 12.6.